The molecule has 1 saturated heterocycles. The van der Waals surface area contributed by atoms with E-state index in [1.807, 2.05) is 0 Å². The van der Waals surface area contributed by atoms with Crippen molar-refractivity contribution >= 4 is 35.2 Å². The molecule has 7 heteroatoms. The van der Waals surface area contributed by atoms with Gasteiger partial charge < -0.3 is 10.2 Å². The van der Waals surface area contributed by atoms with Crippen LogP contribution in [0.3, 0.4) is 0 Å². The van der Waals surface area contributed by atoms with Gasteiger partial charge in [0, 0.05) is 18.2 Å². The summed E-state index contributed by atoms with van der Waals surface area (Å²) in [6, 6.07) is 3.84. The number of thiocarbonyl (C=S) groups is 1. The maximum atomic E-state index is 12.2. The maximum Gasteiger partial charge on any atom is 0.265 e. The fraction of sp³-hybridized carbons (Fsp3) is 0.0714. The van der Waals surface area contributed by atoms with Crippen molar-refractivity contribution in [1.29, 1.82) is 0 Å². The fourth-order valence-electron chi connectivity index (χ4n) is 1.80. The minimum Gasteiger partial charge on any atom is -0.508 e. The number of carbonyl (C=O) groups excluding carboxylic acids is 2. The van der Waals surface area contributed by atoms with Crippen molar-refractivity contribution in [2.24, 2.45) is 0 Å². The summed E-state index contributed by atoms with van der Waals surface area (Å²) in [6.45, 7) is 3.69. The average molecular weight is 304 g/mol. The van der Waals surface area contributed by atoms with Crippen molar-refractivity contribution in [3.63, 3.8) is 0 Å². The van der Waals surface area contributed by atoms with Crippen LogP contribution in [0.5, 0.6) is 11.5 Å². The molecule has 0 aromatic heterocycles. The van der Waals surface area contributed by atoms with Crippen LogP contribution >= 0.6 is 12.2 Å². The predicted molar refractivity (Wildman–Crippen MR) is 80.4 cm³/mol. The number of hydrogen-bond acceptors (Lipinski definition) is 5. The Morgan fingerprint density at radius 2 is 2.05 bits per heavy atom. The Balaban J connectivity index is 2.42. The summed E-state index contributed by atoms with van der Waals surface area (Å²) < 4.78 is 0. The SMILES string of the molecule is C=CCN1C(=O)C(=Cc2ccc(O)cc2O)C(=O)NC1=S. The van der Waals surface area contributed by atoms with Crippen molar-refractivity contribution in [2.45, 2.75) is 0 Å². The van der Waals surface area contributed by atoms with Gasteiger partial charge in [0.2, 0.25) is 0 Å². The molecule has 108 valence electrons. The van der Waals surface area contributed by atoms with Gasteiger partial charge in [-0.05, 0) is 30.4 Å². The van der Waals surface area contributed by atoms with Gasteiger partial charge in [0.05, 0.1) is 0 Å². The molecule has 1 aliphatic rings. The third kappa shape index (κ3) is 2.92. The molecule has 2 rings (SSSR count). The second-order valence-electron chi connectivity index (χ2n) is 4.26. The molecule has 0 bridgehead atoms. The molecule has 0 spiro atoms. The molecule has 0 radical (unpaired) electrons. The second kappa shape index (κ2) is 5.76. The highest BCUT2D eigenvalue weighted by atomic mass is 32.1. The highest BCUT2D eigenvalue weighted by Gasteiger charge is 2.32. The first-order valence-electron chi connectivity index (χ1n) is 5.95. The standard InChI is InChI=1S/C14H12N2O4S/c1-2-5-16-13(20)10(12(19)15-14(16)21)6-8-3-4-9(17)7-11(8)18/h2-4,6-7,17-18H,1,5H2,(H,15,19,21). The van der Waals surface area contributed by atoms with Crippen molar-refractivity contribution in [3.05, 3.63) is 42.0 Å². The Hall–Kier alpha value is -2.67. The lowest BCUT2D eigenvalue weighted by atomic mass is 10.1. The molecule has 1 heterocycles. The minimum absolute atomic E-state index is 0.0111. The molecule has 1 aromatic carbocycles. The number of aromatic hydroxyl groups is 2. The zero-order valence-electron chi connectivity index (χ0n) is 10.9. The van der Waals surface area contributed by atoms with Gasteiger partial charge in [0.15, 0.2) is 5.11 Å². The summed E-state index contributed by atoms with van der Waals surface area (Å²) in [4.78, 5) is 25.3. The fourth-order valence-corrected chi connectivity index (χ4v) is 2.05. The number of hydrogen-bond donors (Lipinski definition) is 3. The smallest absolute Gasteiger partial charge is 0.265 e. The monoisotopic (exact) mass is 304 g/mol. The van der Waals surface area contributed by atoms with Gasteiger partial charge in [0.25, 0.3) is 11.8 Å². The van der Waals surface area contributed by atoms with Gasteiger partial charge in [-0.3, -0.25) is 19.8 Å². The van der Waals surface area contributed by atoms with Crippen LogP contribution in [0, 0.1) is 0 Å². The molecule has 21 heavy (non-hydrogen) atoms. The third-order valence-corrected chi connectivity index (χ3v) is 3.13. The number of amides is 2. The van der Waals surface area contributed by atoms with E-state index in [0.717, 1.165) is 6.07 Å². The van der Waals surface area contributed by atoms with Crippen molar-refractivity contribution in [1.82, 2.24) is 10.2 Å². The van der Waals surface area contributed by atoms with E-state index < -0.39 is 11.8 Å². The van der Waals surface area contributed by atoms with E-state index in [2.05, 4.69) is 11.9 Å². The quantitative estimate of drug-likeness (QED) is 0.334. The number of phenols is 2. The summed E-state index contributed by atoms with van der Waals surface area (Å²) in [7, 11) is 0. The van der Waals surface area contributed by atoms with E-state index in [-0.39, 0.29) is 34.3 Å². The van der Waals surface area contributed by atoms with Crippen molar-refractivity contribution < 1.29 is 19.8 Å². The number of phenolic OH excluding ortho intramolecular Hbond substituents is 2. The molecule has 2 amide bonds. The number of rotatable bonds is 3. The Kier molecular flexibility index (Phi) is 4.04. The normalized spacial score (nSPS) is 17.0. The lowest BCUT2D eigenvalue weighted by Crippen LogP contribution is -2.53. The van der Waals surface area contributed by atoms with E-state index in [1.54, 1.807) is 0 Å². The summed E-state index contributed by atoms with van der Waals surface area (Å²) in [6.07, 6.45) is 2.72. The van der Waals surface area contributed by atoms with Gasteiger partial charge in [-0.15, -0.1) is 6.58 Å². The molecule has 0 atom stereocenters. The molecule has 0 unspecified atom stereocenters. The second-order valence-corrected chi connectivity index (χ2v) is 4.65. The molecule has 0 aliphatic carbocycles. The highest BCUT2D eigenvalue weighted by Crippen LogP contribution is 2.25. The lowest BCUT2D eigenvalue weighted by molar-refractivity contribution is -0.128. The van der Waals surface area contributed by atoms with Crippen LogP contribution in [0.25, 0.3) is 6.08 Å². The van der Waals surface area contributed by atoms with Crippen LogP contribution in [0.1, 0.15) is 5.56 Å². The Bertz CT molecular complexity index is 682. The van der Waals surface area contributed by atoms with Gasteiger partial charge >= 0.3 is 0 Å². The Morgan fingerprint density at radius 1 is 1.33 bits per heavy atom. The zero-order chi connectivity index (χ0) is 15.6. The first kappa shape index (κ1) is 14.7. The van der Waals surface area contributed by atoms with Crippen LogP contribution in [0.4, 0.5) is 0 Å². The summed E-state index contributed by atoms with van der Waals surface area (Å²) in [5.74, 6) is -1.58. The molecular formula is C14H12N2O4S. The van der Waals surface area contributed by atoms with E-state index in [4.69, 9.17) is 12.2 Å². The van der Waals surface area contributed by atoms with E-state index in [1.165, 1.54) is 29.2 Å². The molecule has 0 saturated carbocycles. The summed E-state index contributed by atoms with van der Waals surface area (Å²) in [5.41, 5.74) is 0.0733. The topological polar surface area (TPSA) is 89.9 Å². The van der Waals surface area contributed by atoms with Crippen LogP contribution in [-0.2, 0) is 9.59 Å². The molecule has 3 N–H and O–H groups in total. The van der Waals surface area contributed by atoms with E-state index in [9.17, 15) is 19.8 Å². The van der Waals surface area contributed by atoms with Gasteiger partial charge in [-0.2, -0.15) is 0 Å². The Labute approximate surface area is 126 Å². The van der Waals surface area contributed by atoms with Crippen LogP contribution in [0.15, 0.2) is 36.4 Å². The molecular weight excluding hydrogens is 292 g/mol. The maximum absolute atomic E-state index is 12.2. The lowest BCUT2D eigenvalue weighted by Gasteiger charge is -2.27. The number of nitrogens with one attached hydrogen (secondary N) is 1. The van der Waals surface area contributed by atoms with Gasteiger partial charge in [-0.1, -0.05) is 6.08 Å². The minimum atomic E-state index is -0.641. The zero-order valence-corrected chi connectivity index (χ0v) is 11.7. The Morgan fingerprint density at radius 3 is 2.67 bits per heavy atom. The third-order valence-electron chi connectivity index (χ3n) is 2.81. The van der Waals surface area contributed by atoms with Crippen molar-refractivity contribution in [3.8, 4) is 11.5 Å². The van der Waals surface area contributed by atoms with Crippen LogP contribution in [-0.4, -0.2) is 38.6 Å². The number of nitrogens with zero attached hydrogens (tertiary/aromatic N) is 1. The summed E-state index contributed by atoms with van der Waals surface area (Å²) in [5, 5.41) is 21.4. The van der Waals surface area contributed by atoms with Crippen molar-refractivity contribution in [2.75, 3.05) is 6.54 Å². The average Bonchev–Trinajstić information content (AvgIpc) is 2.41. The first-order valence-corrected chi connectivity index (χ1v) is 6.36. The predicted octanol–water partition coefficient (Wildman–Crippen LogP) is 0.911. The van der Waals surface area contributed by atoms with Crippen LogP contribution in [0.2, 0.25) is 0 Å². The molecule has 6 nitrogen and oxygen atoms in total. The van der Waals surface area contributed by atoms with Gasteiger partial charge in [0.1, 0.15) is 17.1 Å². The molecule has 1 aliphatic heterocycles. The highest BCUT2D eigenvalue weighted by molar-refractivity contribution is 7.80. The molecule has 1 aromatic rings. The molecule has 1 fully saturated rings. The van der Waals surface area contributed by atoms with Crippen LogP contribution < -0.4 is 5.32 Å². The first-order chi connectivity index (χ1) is 9.93. The number of benzene rings is 1. The number of carbonyl (C=O) groups is 2. The largest absolute Gasteiger partial charge is 0.508 e. The van der Waals surface area contributed by atoms with Gasteiger partial charge in [-0.25, -0.2) is 0 Å². The summed E-state index contributed by atoms with van der Waals surface area (Å²) >= 11 is 4.92. The van der Waals surface area contributed by atoms with E-state index in [0.29, 0.717) is 0 Å². The van der Waals surface area contributed by atoms with E-state index >= 15 is 0 Å².